The van der Waals surface area contributed by atoms with Crippen LogP contribution < -0.4 is 5.32 Å². The Hall–Kier alpha value is -1.55. The quantitative estimate of drug-likeness (QED) is 0.577. The molecule has 0 radical (unpaired) electrons. The lowest BCUT2D eigenvalue weighted by molar-refractivity contribution is -0.242. The van der Waals surface area contributed by atoms with Gasteiger partial charge in [-0.15, -0.1) is 0 Å². The molecule has 1 N–H and O–H groups in total. The molecule has 0 spiro atoms. The van der Waals surface area contributed by atoms with Crippen LogP contribution in [0.5, 0.6) is 0 Å². The summed E-state index contributed by atoms with van der Waals surface area (Å²) in [6.45, 7) is 11.1. The van der Waals surface area contributed by atoms with Crippen molar-refractivity contribution in [2.75, 3.05) is 33.8 Å². The number of nitrogens with one attached hydrogen (secondary N) is 1. The molecular weight excluding hydrogens is 472 g/mol. The van der Waals surface area contributed by atoms with E-state index in [4.69, 9.17) is 23.7 Å². The molecule has 8 nitrogen and oxygen atoms in total. The largest absolute Gasteiger partial charge is 0.370 e. The fourth-order valence-electron chi connectivity index (χ4n) is 5.89. The topological polar surface area (TPSA) is 81.8 Å². The molecule has 1 amide bonds. The summed E-state index contributed by atoms with van der Waals surface area (Å²) in [7, 11) is 3.80. The number of benzene rings is 1. The van der Waals surface area contributed by atoms with Gasteiger partial charge in [-0.2, -0.15) is 0 Å². The monoisotopic (exact) mass is 518 g/mol. The zero-order valence-electron chi connectivity index (χ0n) is 23.4. The predicted octanol–water partition coefficient (Wildman–Crippen LogP) is 3.58. The molecule has 4 rings (SSSR count). The van der Waals surface area contributed by atoms with Crippen molar-refractivity contribution in [1.29, 1.82) is 0 Å². The summed E-state index contributed by atoms with van der Waals surface area (Å²) in [5, 5.41) is 3.16. The van der Waals surface area contributed by atoms with Gasteiger partial charge in [-0.3, -0.25) is 4.79 Å². The lowest BCUT2D eigenvalue weighted by Crippen LogP contribution is -2.48. The fraction of sp³-hybridized carbons (Fsp3) is 0.759. The number of methoxy groups -OCH3 is 1. The molecule has 1 aromatic rings. The third-order valence-corrected chi connectivity index (χ3v) is 8.19. The molecular formula is C29H46N2O6. The highest BCUT2D eigenvalue weighted by molar-refractivity contribution is 5.78. The Morgan fingerprint density at radius 3 is 2.65 bits per heavy atom. The summed E-state index contributed by atoms with van der Waals surface area (Å²) in [5.41, 5.74) is 1.13. The molecule has 3 aliphatic heterocycles. The molecule has 0 aliphatic carbocycles. The molecule has 1 aromatic carbocycles. The molecule has 3 heterocycles. The lowest BCUT2D eigenvalue weighted by atomic mass is 9.85. The third-order valence-electron chi connectivity index (χ3n) is 8.19. The number of hydrogen-bond donors (Lipinski definition) is 1. The van der Waals surface area contributed by atoms with Gasteiger partial charge in [-0.25, -0.2) is 0 Å². The van der Waals surface area contributed by atoms with Gasteiger partial charge in [0, 0.05) is 20.2 Å². The van der Waals surface area contributed by atoms with Gasteiger partial charge in [0.25, 0.3) is 0 Å². The minimum absolute atomic E-state index is 0.0226. The van der Waals surface area contributed by atoms with E-state index in [1.165, 1.54) is 0 Å². The number of hydrogen-bond acceptors (Lipinski definition) is 7. The minimum Gasteiger partial charge on any atom is -0.370 e. The fourth-order valence-corrected chi connectivity index (χ4v) is 5.89. The van der Waals surface area contributed by atoms with E-state index in [1.807, 2.05) is 32.0 Å². The smallest absolute Gasteiger partial charge is 0.225 e. The number of ether oxygens (including phenoxy) is 5. The van der Waals surface area contributed by atoms with Gasteiger partial charge in [0.05, 0.1) is 37.3 Å². The van der Waals surface area contributed by atoms with Crippen LogP contribution in [0.25, 0.3) is 0 Å². The highest BCUT2D eigenvalue weighted by Gasteiger charge is 2.65. The number of epoxide rings is 1. The van der Waals surface area contributed by atoms with Crippen LogP contribution >= 0.6 is 0 Å². The Bertz CT molecular complexity index is 871. The molecule has 7 unspecified atom stereocenters. The van der Waals surface area contributed by atoms with Crippen LogP contribution in [0.15, 0.2) is 30.3 Å². The average Bonchev–Trinajstić information content (AvgIpc) is 3.63. The molecule has 0 saturated carbocycles. The number of amides is 1. The van der Waals surface area contributed by atoms with Crippen LogP contribution in [0.2, 0.25) is 0 Å². The van der Waals surface area contributed by atoms with Gasteiger partial charge < -0.3 is 33.9 Å². The first-order valence-corrected chi connectivity index (χ1v) is 13.9. The van der Waals surface area contributed by atoms with Crippen LogP contribution in [0, 0.1) is 17.8 Å². The van der Waals surface area contributed by atoms with Crippen molar-refractivity contribution in [3.05, 3.63) is 35.9 Å². The van der Waals surface area contributed by atoms with Crippen LogP contribution in [-0.2, 0) is 35.1 Å². The molecule has 3 aliphatic rings. The zero-order chi connectivity index (χ0) is 26.6. The van der Waals surface area contributed by atoms with E-state index in [1.54, 1.807) is 7.11 Å². The maximum absolute atomic E-state index is 13.4. The second-order valence-electron chi connectivity index (χ2n) is 11.5. The standard InChI is InChI=1S/C29H46N2O6/c1-19-12-13-31(5)17-24(34-18-23-10-8-7-9-11-23)16-30-28(32)21(3)26(20(2)14-19)36-25-15-29(33-6)27(37-29)22(4)35-25/h7-11,19-22,24-27H,12-18H2,1-6H3,(H,30,32)/t19-,20?,21?,22?,24+,25?,26?,27?,29?/m0/s1. The summed E-state index contributed by atoms with van der Waals surface area (Å²) in [6, 6.07) is 10.2. The summed E-state index contributed by atoms with van der Waals surface area (Å²) < 4.78 is 30.5. The van der Waals surface area contributed by atoms with Crippen molar-refractivity contribution < 1.29 is 28.5 Å². The van der Waals surface area contributed by atoms with Crippen LogP contribution in [-0.4, -0.2) is 81.1 Å². The second-order valence-corrected chi connectivity index (χ2v) is 11.5. The van der Waals surface area contributed by atoms with Gasteiger partial charge in [-0.1, -0.05) is 51.1 Å². The van der Waals surface area contributed by atoms with Crippen LogP contribution in [0.4, 0.5) is 0 Å². The van der Waals surface area contributed by atoms with Crippen LogP contribution in [0.1, 0.15) is 52.5 Å². The first kappa shape index (κ1) is 28.5. The SMILES string of the molecule is COC12CC(OC3C(C)C[C@@H](C)CCN(C)C[C@H](OCc4ccccc4)CNC(=O)C3C)OC(C)C1O2. The lowest BCUT2D eigenvalue weighted by Gasteiger charge is -2.36. The molecule has 9 atom stereocenters. The van der Waals surface area contributed by atoms with E-state index < -0.39 is 12.1 Å². The number of nitrogens with zero attached hydrogens (tertiary/aromatic N) is 1. The molecule has 3 fully saturated rings. The normalized spacial score (nSPS) is 40.0. The third kappa shape index (κ3) is 7.31. The molecule has 0 aromatic heterocycles. The molecule has 8 heteroatoms. The Morgan fingerprint density at radius 1 is 1.16 bits per heavy atom. The molecule has 3 saturated heterocycles. The number of carbonyl (C=O) groups excluding carboxylic acids is 1. The maximum atomic E-state index is 13.4. The summed E-state index contributed by atoms with van der Waals surface area (Å²) in [5.74, 6) is -0.309. The van der Waals surface area contributed by atoms with Gasteiger partial charge in [0.2, 0.25) is 11.7 Å². The van der Waals surface area contributed by atoms with Gasteiger partial charge >= 0.3 is 0 Å². The van der Waals surface area contributed by atoms with E-state index in [9.17, 15) is 4.79 Å². The van der Waals surface area contributed by atoms with E-state index in [0.717, 1.165) is 31.5 Å². The van der Waals surface area contributed by atoms with Crippen molar-refractivity contribution in [3.8, 4) is 0 Å². The van der Waals surface area contributed by atoms with E-state index in [0.29, 0.717) is 25.5 Å². The average molecular weight is 519 g/mol. The van der Waals surface area contributed by atoms with E-state index >= 15 is 0 Å². The van der Waals surface area contributed by atoms with Gasteiger partial charge in [0.1, 0.15) is 6.10 Å². The Morgan fingerprint density at radius 2 is 1.92 bits per heavy atom. The second kappa shape index (κ2) is 12.5. The van der Waals surface area contributed by atoms with Crippen LogP contribution in [0.3, 0.4) is 0 Å². The summed E-state index contributed by atoms with van der Waals surface area (Å²) >= 11 is 0. The number of likely N-dealkylation sites (N-methyl/N-ethyl adjacent to an activating group) is 1. The highest BCUT2D eigenvalue weighted by Crippen LogP contribution is 2.49. The molecule has 0 bridgehead atoms. The maximum Gasteiger partial charge on any atom is 0.225 e. The number of carbonyl (C=O) groups is 1. The van der Waals surface area contributed by atoms with Crippen molar-refractivity contribution in [3.63, 3.8) is 0 Å². The Kier molecular flexibility index (Phi) is 9.64. The Balaban J connectivity index is 1.44. The first-order chi connectivity index (χ1) is 17.7. The summed E-state index contributed by atoms with van der Waals surface area (Å²) in [4.78, 5) is 15.7. The van der Waals surface area contributed by atoms with Crippen molar-refractivity contribution in [2.24, 2.45) is 17.8 Å². The number of rotatable bonds is 6. The van der Waals surface area contributed by atoms with Crippen molar-refractivity contribution in [1.82, 2.24) is 10.2 Å². The van der Waals surface area contributed by atoms with E-state index in [2.05, 4.69) is 43.2 Å². The van der Waals surface area contributed by atoms with Crippen molar-refractivity contribution >= 4 is 5.91 Å². The predicted molar refractivity (Wildman–Crippen MR) is 141 cm³/mol. The molecule has 37 heavy (non-hydrogen) atoms. The van der Waals surface area contributed by atoms with E-state index in [-0.39, 0.29) is 42.2 Å². The summed E-state index contributed by atoms with van der Waals surface area (Å²) in [6.07, 6.45) is 1.51. The zero-order valence-corrected chi connectivity index (χ0v) is 23.4. The van der Waals surface area contributed by atoms with Gasteiger partial charge in [0.15, 0.2) is 6.29 Å². The Labute approximate surface area is 222 Å². The highest BCUT2D eigenvalue weighted by atomic mass is 16.8. The van der Waals surface area contributed by atoms with Gasteiger partial charge in [-0.05, 0) is 50.8 Å². The van der Waals surface area contributed by atoms with Crippen molar-refractivity contribution in [2.45, 2.75) is 90.1 Å². The first-order valence-electron chi connectivity index (χ1n) is 13.9. The minimum atomic E-state index is -0.623. The number of fused-ring (bicyclic) bond motifs is 1. The molecule has 208 valence electrons.